The van der Waals surface area contributed by atoms with Crippen molar-refractivity contribution in [1.29, 1.82) is 0 Å². The Morgan fingerprint density at radius 3 is 2.28 bits per heavy atom. The molecule has 0 fully saturated rings. The minimum Gasteiger partial charge on any atom is -0.118 e. The van der Waals surface area contributed by atoms with Crippen molar-refractivity contribution in [3.8, 4) is 0 Å². The lowest BCUT2D eigenvalue weighted by atomic mass is 10.0. The van der Waals surface area contributed by atoms with Gasteiger partial charge in [0.2, 0.25) is 0 Å². The maximum atomic E-state index is 6.37. The van der Waals surface area contributed by atoms with Gasteiger partial charge < -0.3 is 0 Å². The van der Waals surface area contributed by atoms with Gasteiger partial charge >= 0.3 is 0 Å². The number of benzene rings is 1. The highest BCUT2D eigenvalue weighted by Gasteiger charge is 2.09. The van der Waals surface area contributed by atoms with Gasteiger partial charge in [0.1, 0.15) is 0 Å². The molecule has 0 aliphatic rings. The molecular formula is C15H21Cl3. The van der Waals surface area contributed by atoms with E-state index in [0.29, 0.717) is 10.0 Å². The zero-order valence-corrected chi connectivity index (χ0v) is 13.2. The monoisotopic (exact) mass is 306 g/mol. The molecule has 1 rings (SSSR count). The van der Waals surface area contributed by atoms with Crippen LogP contribution in [0.1, 0.15) is 62.8 Å². The molecule has 1 unspecified atom stereocenters. The first-order valence-corrected chi connectivity index (χ1v) is 7.93. The summed E-state index contributed by atoms with van der Waals surface area (Å²) in [6.45, 7) is 2.24. The lowest BCUT2D eigenvalue weighted by molar-refractivity contribution is 0.584. The molecule has 0 amide bonds. The second-order valence-electron chi connectivity index (χ2n) is 4.70. The Kier molecular flexibility index (Phi) is 8.13. The molecular weight excluding hydrogens is 287 g/mol. The number of hydrogen-bond acceptors (Lipinski definition) is 0. The lowest BCUT2D eigenvalue weighted by Gasteiger charge is -2.10. The number of alkyl halides is 1. The van der Waals surface area contributed by atoms with Crippen LogP contribution in [0.25, 0.3) is 0 Å². The molecule has 0 bridgehead atoms. The number of halogens is 3. The van der Waals surface area contributed by atoms with E-state index in [4.69, 9.17) is 34.8 Å². The van der Waals surface area contributed by atoms with Crippen molar-refractivity contribution in [2.24, 2.45) is 0 Å². The maximum absolute atomic E-state index is 6.37. The van der Waals surface area contributed by atoms with Gasteiger partial charge in [-0.2, -0.15) is 0 Å². The van der Waals surface area contributed by atoms with E-state index in [1.54, 1.807) is 0 Å². The fourth-order valence-corrected chi connectivity index (χ4v) is 2.57. The van der Waals surface area contributed by atoms with Crippen LogP contribution in [-0.4, -0.2) is 0 Å². The Bertz CT molecular complexity index is 350. The van der Waals surface area contributed by atoms with E-state index in [2.05, 4.69) is 6.92 Å². The van der Waals surface area contributed by atoms with Crippen molar-refractivity contribution in [3.05, 3.63) is 33.8 Å². The third-order valence-electron chi connectivity index (χ3n) is 3.12. The van der Waals surface area contributed by atoms with E-state index in [1.807, 2.05) is 18.2 Å². The van der Waals surface area contributed by atoms with Crippen LogP contribution in [0.4, 0.5) is 0 Å². The molecule has 0 N–H and O–H groups in total. The Hall–Kier alpha value is 0.0900. The minimum absolute atomic E-state index is 0.0472. The Balaban J connectivity index is 2.27. The predicted octanol–water partition coefficient (Wildman–Crippen LogP) is 7.02. The molecule has 1 atom stereocenters. The quantitative estimate of drug-likeness (QED) is 0.357. The first kappa shape index (κ1) is 16.1. The van der Waals surface area contributed by atoms with E-state index >= 15 is 0 Å². The summed E-state index contributed by atoms with van der Waals surface area (Å²) in [6.07, 6.45) is 8.75. The highest BCUT2D eigenvalue weighted by molar-refractivity contribution is 6.42. The SMILES string of the molecule is CCCCCCCCC(Cl)c1ccc(Cl)c(Cl)c1. The summed E-state index contributed by atoms with van der Waals surface area (Å²) in [5.41, 5.74) is 1.07. The van der Waals surface area contributed by atoms with Gasteiger partial charge in [-0.15, -0.1) is 11.6 Å². The molecule has 1 aromatic rings. The molecule has 0 heterocycles. The molecule has 0 aliphatic heterocycles. The average Bonchev–Trinajstić information content (AvgIpc) is 2.36. The van der Waals surface area contributed by atoms with Gasteiger partial charge in [0.15, 0.2) is 0 Å². The third-order valence-corrected chi connectivity index (χ3v) is 4.33. The van der Waals surface area contributed by atoms with Gasteiger partial charge in [-0.05, 0) is 24.1 Å². The fourth-order valence-electron chi connectivity index (χ4n) is 1.98. The summed E-state index contributed by atoms with van der Waals surface area (Å²) >= 11 is 18.2. The first-order valence-electron chi connectivity index (χ1n) is 6.74. The topological polar surface area (TPSA) is 0 Å². The highest BCUT2D eigenvalue weighted by atomic mass is 35.5. The zero-order valence-electron chi connectivity index (χ0n) is 10.9. The second kappa shape index (κ2) is 9.07. The Morgan fingerprint density at radius 1 is 0.944 bits per heavy atom. The molecule has 1 aromatic carbocycles. The van der Waals surface area contributed by atoms with Crippen LogP contribution in [0.5, 0.6) is 0 Å². The highest BCUT2D eigenvalue weighted by Crippen LogP contribution is 2.31. The summed E-state index contributed by atoms with van der Waals surface area (Å²) in [5, 5.41) is 1.22. The fraction of sp³-hybridized carbons (Fsp3) is 0.600. The summed E-state index contributed by atoms with van der Waals surface area (Å²) in [6, 6.07) is 5.65. The molecule has 18 heavy (non-hydrogen) atoms. The minimum atomic E-state index is 0.0472. The van der Waals surface area contributed by atoms with Gasteiger partial charge in [-0.25, -0.2) is 0 Å². The van der Waals surface area contributed by atoms with Crippen LogP contribution in [-0.2, 0) is 0 Å². The Morgan fingerprint density at radius 2 is 1.61 bits per heavy atom. The van der Waals surface area contributed by atoms with Crippen molar-refractivity contribution in [2.75, 3.05) is 0 Å². The molecule has 0 saturated carbocycles. The summed E-state index contributed by atoms with van der Waals surface area (Å²) in [7, 11) is 0. The standard InChI is InChI=1S/C15H21Cl3/c1-2-3-4-5-6-7-8-13(16)12-9-10-14(17)15(18)11-12/h9-11,13H,2-8H2,1H3. The number of hydrogen-bond donors (Lipinski definition) is 0. The van der Waals surface area contributed by atoms with Crippen LogP contribution in [0.15, 0.2) is 18.2 Å². The van der Waals surface area contributed by atoms with E-state index in [1.165, 1.54) is 38.5 Å². The van der Waals surface area contributed by atoms with Crippen LogP contribution in [0.2, 0.25) is 10.0 Å². The average molecular weight is 308 g/mol. The van der Waals surface area contributed by atoms with Gasteiger partial charge in [-0.3, -0.25) is 0 Å². The number of unbranched alkanes of at least 4 members (excludes halogenated alkanes) is 5. The molecule has 0 saturated heterocycles. The third kappa shape index (κ3) is 5.82. The van der Waals surface area contributed by atoms with Gasteiger partial charge in [0, 0.05) is 0 Å². The van der Waals surface area contributed by atoms with E-state index in [9.17, 15) is 0 Å². The zero-order chi connectivity index (χ0) is 13.4. The van der Waals surface area contributed by atoms with Crippen molar-refractivity contribution in [2.45, 2.75) is 57.2 Å². The van der Waals surface area contributed by atoms with E-state index in [0.717, 1.165) is 12.0 Å². The molecule has 0 spiro atoms. The number of rotatable bonds is 8. The molecule has 0 aromatic heterocycles. The van der Waals surface area contributed by atoms with Crippen molar-refractivity contribution >= 4 is 34.8 Å². The van der Waals surface area contributed by atoms with Crippen LogP contribution in [0.3, 0.4) is 0 Å². The van der Waals surface area contributed by atoms with E-state index < -0.39 is 0 Å². The van der Waals surface area contributed by atoms with Crippen molar-refractivity contribution in [3.63, 3.8) is 0 Å². The van der Waals surface area contributed by atoms with Gasteiger partial charge in [-0.1, -0.05) is 74.7 Å². The Labute approximate surface area is 126 Å². The lowest BCUT2D eigenvalue weighted by Crippen LogP contribution is -1.91. The first-order chi connectivity index (χ1) is 8.65. The van der Waals surface area contributed by atoms with Gasteiger partial charge in [0.25, 0.3) is 0 Å². The maximum Gasteiger partial charge on any atom is 0.0595 e. The normalized spacial score (nSPS) is 12.7. The smallest absolute Gasteiger partial charge is 0.0595 e. The molecule has 3 heteroatoms. The summed E-state index contributed by atoms with van der Waals surface area (Å²) in [5.74, 6) is 0. The van der Waals surface area contributed by atoms with E-state index in [-0.39, 0.29) is 5.38 Å². The van der Waals surface area contributed by atoms with Crippen LogP contribution >= 0.6 is 34.8 Å². The molecule has 0 aliphatic carbocycles. The molecule has 0 radical (unpaired) electrons. The van der Waals surface area contributed by atoms with Crippen LogP contribution in [0, 0.1) is 0 Å². The van der Waals surface area contributed by atoms with Crippen molar-refractivity contribution in [1.82, 2.24) is 0 Å². The molecule has 102 valence electrons. The van der Waals surface area contributed by atoms with Gasteiger partial charge in [0.05, 0.1) is 15.4 Å². The predicted molar refractivity (Wildman–Crippen MR) is 83.0 cm³/mol. The van der Waals surface area contributed by atoms with Crippen molar-refractivity contribution < 1.29 is 0 Å². The van der Waals surface area contributed by atoms with Crippen LogP contribution < -0.4 is 0 Å². The largest absolute Gasteiger partial charge is 0.118 e. The molecule has 0 nitrogen and oxygen atoms in total. The summed E-state index contributed by atoms with van der Waals surface area (Å²) < 4.78 is 0. The summed E-state index contributed by atoms with van der Waals surface area (Å²) in [4.78, 5) is 0. The second-order valence-corrected chi connectivity index (χ2v) is 6.04.